The number of hydrogen-bond acceptors (Lipinski definition) is 2. The van der Waals surface area contributed by atoms with E-state index in [0.29, 0.717) is 19.0 Å². The lowest BCUT2D eigenvalue weighted by Gasteiger charge is -2.07. The molecule has 0 radical (unpaired) electrons. The summed E-state index contributed by atoms with van der Waals surface area (Å²) in [4.78, 5) is 11.4. The Kier molecular flexibility index (Phi) is 3.29. The molecule has 3 N–H and O–H groups in total. The van der Waals surface area contributed by atoms with Crippen molar-refractivity contribution in [3.8, 4) is 0 Å². The van der Waals surface area contributed by atoms with E-state index >= 15 is 0 Å². The highest BCUT2D eigenvalue weighted by Crippen LogP contribution is 2.39. The number of carbonyl (C=O) groups excluding carboxylic acids is 1. The second-order valence-corrected chi connectivity index (χ2v) is 4.43. The highest BCUT2D eigenvalue weighted by molar-refractivity contribution is 5.75. The molecule has 1 aromatic rings. The maximum absolute atomic E-state index is 11.4. The van der Waals surface area contributed by atoms with Crippen molar-refractivity contribution in [2.45, 2.75) is 32.4 Å². The molecule has 4 heteroatoms. The molecular weight excluding hydrogens is 202 g/mol. The minimum atomic E-state index is 0.0460. The van der Waals surface area contributed by atoms with E-state index < -0.39 is 0 Å². The fraction of sp³-hybridized carbons (Fsp3) is 0.583. The Morgan fingerprint density at radius 3 is 3.06 bits per heavy atom. The van der Waals surface area contributed by atoms with Crippen molar-refractivity contribution in [3.63, 3.8) is 0 Å². The number of likely N-dealkylation sites (N-methyl/N-ethyl adjacent to an activating group) is 1. The first kappa shape index (κ1) is 11.2. The molecule has 1 aromatic heterocycles. The number of amides is 1. The van der Waals surface area contributed by atoms with Gasteiger partial charge in [-0.15, -0.1) is 0 Å². The van der Waals surface area contributed by atoms with Crippen LogP contribution in [0.3, 0.4) is 0 Å². The van der Waals surface area contributed by atoms with Crippen molar-refractivity contribution in [3.05, 3.63) is 24.0 Å². The van der Waals surface area contributed by atoms with E-state index in [-0.39, 0.29) is 11.9 Å². The molecule has 0 bridgehead atoms. The van der Waals surface area contributed by atoms with Crippen LogP contribution in [-0.4, -0.2) is 17.0 Å². The Morgan fingerprint density at radius 2 is 2.44 bits per heavy atom. The van der Waals surface area contributed by atoms with Crippen LogP contribution < -0.4 is 11.1 Å². The quantitative estimate of drug-likeness (QED) is 0.780. The van der Waals surface area contributed by atoms with Gasteiger partial charge in [0.1, 0.15) is 6.54 Å². The van der Waals surface area contributed by atoms with E-state index in [4.69, 9.17) is 5.73 Å². The molecule has 1 aliphatic rings. The zero-order valence-electron chi connectivity index (χ0n) is 9.65. The summed E-state index contributed by atoms with van der Waals surface area (Å²) in [5.74, 6) is 0.699. The van der Waals surface area contributed by atoms with Gasteiger partial charge in [-0.1, -0.05) is 0 Å². The van der Waals surface area contributed by atoms with E-state index in [9.17, 15) is 4.79 Å². The van der Waals surface area contributed by atoms with Crippen LogP contribution in [0.5, 0.6) is 0 Å². The van der Waals surface area contributed by atoms with Gasteiger partial charge in [0.05, 0.1) is 0 Å². The van der Waals surface area contributed by atoms with Crippen molar-refractivity contribution in [1.29, 1.82) is 0 Å². The van der Waals surface area contributed by atoms with Crippen molar-refractivity contribution in [2.75, 3.05) is 6.54 Å². The molecule has 0 spiro atoms. The monoisotopic (exact) mass is 221 g/mol. The van der Waals surface area contributed by atoms with Gasteiger partial charge in [-0.05, 0) is 37.3 Å². The van der Waals surface area contributed by atoms with Gasteiger partial charge in [0.2, 0.25) is 5.91 Å². The van der Waals surface area contributed by atoms with Crippen molar-refractivity contribution < 1.29 is 4.79 Å². The van der Waals surface area contributed by atoms with Crippen LogP contribution in [0.4, 0.5) is 0 Å². The molecule has 16 heavy (non-hydrogen) atoms. The maximum Gasteiger partial charge on any atom is 0.239 e. The summed E-state index contributed by atoms with van der Waals surface area (Å²) in [7, 11) is 0. The molecule has 2 rings (SSSR count). The predicted octanol–water partition coefficient (Wildman–Crippen LogP) is 1.03. The van der Waals surface area contributed by atoms with Crippen LogP contribution >= 0.6 is 0 Å². The van der Waals surface area contributed by atoms with Crippen molar-refractivity contribution in [1.82, 2.24) is 9.88 Å². The van der Waals surface area contributed by atoms with Gasteiger partial charge in [-0.25, -0.2) is 0 Å². The number of nitrogens with one attached hydrogen (secondary N) is 1. The number of carbonyl (C=O) groups is 1. The van der Waals surface area contributed by atoms with Gasteiger partial charge < -0.3 is 15.6 Å². The average molecular weight is 221 g/mol. The van der Waals surface area contributed by atoms with Crippen LogP contribution in [0.15, 0.2) is 18.5 Å². The lowest BCUT2D eigenvalue weighted by atomic mass is 10.1. The maximum atomic E-state index is 11.4. The average Bonchev–Trinajstić information content (AvgIpc) is 2.99. The molecule has 4 nitrogen and oxygen atoms in total. The SMILES string of the molecule is CCNC(=O)Cn1ccc(C(N)C2CC2)c1. The van der Waals surface area contributed by atoms with Crippen LogP contribution in [0, 0.1) is 5.92 Å². The van der Waals surface area contributed by atoms with Gasteiger partial charge in [0.15, 0.2) is 0 Å². The largest absolute Gasteiger partial charge is 0.355 e. The highest BCUT2D eigenvalue weighted by Gasteiger charge is 2.29. The number of rotatable bonds is 5. The first-order chi connectivity index (χ1) is 7.70. The number of aromatic nitrogens is 1. The summed E-state index contributed by atoms with van der Waals surface area (Å²) in [5, 5.41) is 2.78. The third-order valence-electron chi connectivity index (χ3n) is 2.99. The molecule has 0 aliphatic heterocycles. The summed E-state index contributed by atoms with van der Waals surface area (Å²) >= 11 is 0. The Balaban J connectivity index is 1.93. The standard InChI is InChI=1S/C12H19N3O/c1-2-14-11(16)8-15-6-5-10(7-15)12(13)9-3-4-9/h5-7,9,12H,2-4,8,13H2,1H3,(H,14,16). The summed E-state index contributed by atoms with van der Waals surface area (Å²) in [5.41, 5.74) is 7.23. The Bertz CT molecular complexity index is 368. The first-order valence-corrected chi connectivity index (χ1v) is 5.88. The van der Waals surface area contributed by atoms with Gasteiger partial charge in [0, 0.05) is 25.0 Å². The summed E-state index contributed by atoms with van der Waals surface area (Å²) in [6.45, 7) is 2.97. The first-order valence-electron chi connectivity index (χ1n) is 5.88. The third kappa shape index (κ3) is 2.64. The zero-order valence-corrected chi connectivity index (χ0v) is 9.65. The van der Waals surface area contributed by atoms with Gasteiger partial charge in [0.25, 0.3) is 0 Å². The summed E-state index contributed by atoms with van der Waals surface area (Å²) in [6, 6.07) is 2.16. The van der Waals surface area contributed by atoms with Crippen LogP contribution in [0.2, 0.25) is 0 Å². The van der Waals surface area contributed by atoms with E-state index in [0.717, 1.165) is 5.56 Å². The Hall–Kier alpha value is -1.29. The fourth-order valence-electron chi connectivity index (χ4n) is 1.90. The lowest BCUT2D eigenvalue weighted by molar-refractivity contribution is -0.121. The second-order valence-electron chi connectivity index (χ2n) is 4.43. The molecule has 88 valence electrons. The molecule has 0 aromatic carbocycles. The zero-order chi connectivity index (χ0) is 11.5. The van der Waals surface area contributed by atoms with Gasteiger partial charge >= 0.3 is 0 Å². The molecule has 1 fully saturated rings. The molecule has 1 saturated carbocycles. The number of hydrogen-bond donors (Lipinski definition) is 2. The predicted molar refractivity (Wildman–Crippen MR) is 62.8 cm³/mol. The molecule has 1 heterocycles. The molecule has 1 amide bonds. The van der Waals surface area contributed by atoms with Crippen LogP contribution in [0.25, 0.3) is 0 Å². The minimum Gasteiger partial charge on any atom is -0.355 e. The summed E-state index contributed by atoms with van der Waals surface area (Å²) < 4.78 is 1.89. The van der Waals surface area contributed by atoms with Crippen molar-refractivity contribution in [2.24, 2.45) is 11.7 Å². The van der Waals surface area contributed by atoms with Gasteiger partial charge in [-0.2, -0.15) is 0 Å². The second kappa shape index (κ2) is 4.70. The molecule has 1 atom stereocenters. The van der Waals surface area contributed by atoms with Crippen LogP contribution in [0.1, 0.15) is 31.4 Å². The number of nitrogens with zero attached hydrogens (tertiary/aromatic N) is 1. The minimum absolute atomic E-state index is 0.0460. The Morgan fingerprint density at radius 1 is 1.69 bits per heavy atom. The Labute approximate surface area is 95.8 Å². The van der Waals surface area contributed by atoms with E-state index in [1.807, 2.05) is 30.0 Å². The van der Waals surface area contributed by atoms with Crippen LogP contribution in [-0.2, 0) is 11.3 Å². The third-order valence-corrected chi connectivity index (χ3v) is 2.99. The summed E-state index contributed by atoms with van der Waals surface area (Å²) in [6.07, 6.45) is 6.39. The molecule has 1 unspecified atom stereocenters. The number of nitrogens with two attached hydrogens (primary N) is 1. The molecule has 1 aliphatic carbocycles. The van der Waals surface area contributed by atoms with Crippen molar-refractivity contribution >= 4 is 5.91 Å². The van der Waals surface area contributed by atoms with E-state index in [2.05, 4.69) is 5.32 Å². The normalized spacial score (nSPS) is 17.1. The molecular formula is C12H19N3O. The highest BCUT2D eigenvalue weighted by atomic mass is 16.1. The van der Waals surface area contributed by atoms with E-state index in [1.165, 1.54) is 12.8 Å². The smallest absolute Gasteiger partial charge is 0.239 e. The van der Waals surface area contributed by atoms with E-state index in [1.54, 1.807) is 0 Å². The topological polar surface area (TPSA) is 60.0 Å². The van der Waals surface area contributed by atoms with Gasteiger partial charge in [-0.3, -0.25) is 4.79 Å². The molecule has 0 saturated heterocycles. The lowest BCUT2D eigenvalue weighted by Crippen LogP contribution is -2.26. The fourth-order valence-corrected chi connectivity index (χ4v) is 1.90.